The molecule has 0 bridgehead atoms. The third-order valence-electron chi connectivity index (χ3n) is 5.63. The van der Waals surface area contributed by atoms with Crippen LogP contribution in [0.4, 0.5) is 0 Å². The number of halogens is 1. The minimum atomic E-state index is -0.637. The van der Waals surface area contributed by atoms with Gasteiger partial charge in [0.25, 0.3) is 0 Å². The molecule has 1 aromatic heterocycles. The van der Waals surface area contributed by atoms with Gasteiger partial charge in [-0.15, -0.1) is 11.3 Å². The normalized spacial score (nSPS) is 11.5. The van der Waals surface area contributed by atoms with Crippen LogP contribution in [-0.2, 0) is 16.0 Å². The highest BCUT2D eigenvalue weighted by molar-refractivity contribution is 7.13. The van der Waals surface area contributed by atoms with Crippen LogP contribution in [0.15, 0.2) is 41.8 Å². The summed E-state index contributed by atoms with van der Waals surface area (Å²) in [5, 5.41) is 3.46. The van der Waals surface area contributed by atoms with Crippen molar-refractivity contribution < 1.29 is 9.59 Å². The number of thiazole rings is 1. The predicted octanol–water partition coefficient (Wildman–Crippen LogP) is 6.86. The first kappa shape index (κ1) is 22.4. The Kier molecular flexibility index (Phi) is 6.59. The second-order valence-corrected chi connectivity index (χ2v) is 9.71. The Labute approximate surface area is 187 Å². The lowest BCUT2D eigenvalue weighted by molar-refractivity contribution is -0.130. The molecule has 0 unspecified atom stereocenters. The Bertz CT molecular complexity index is 1110. The average Bonchev–Trinajstić information content (AvgIpc) is 3.11. The molecule has 1 heterocycles. The van der Waals surface area contributed by atoms with E-state index in [-0.39, 0.29) is 24.4 Å². The van der Waals surface area contributed by atoms with Crippen molar-refractivity contribution in [2.75, 3.05) is 0 Å². The molecule has 3 rings (SSSR count). The molecule has 0 atom stereocenters. The molecule has 3 nitrogen and oxygen atoms in total. The van der Waals surface area contributed by atoms with Crippen molar-refractivity contribution >= 4 is 34.5 Å². The molecule has 3 aromatic rings. The molecule has 156 valence electrons. The topological polar surface area (TPSA) is 47.0 Å². The SMILES string of the molecule is CC(=O)C(C)(C)CC(=O)Cc1csc(-c2ccc(Cl)cc2-c2cccc(C)c2C)n1. The Balaban J connectivity index is 1.92. The van der Waals surface area contributed by atoms with Gasteiger partial charge in [-0.2, -0.15) is 0 Å². The lowest BCUT2D eigenvalue weighted by Crippen LogP contribution is -2.25. The first-order chi connectivity index (χ1) is 14.1. The van der Waals surface area contributed by atoms with Gasteiger partial charge in [0.05, 0.1) is 5.69 Å². The Morgan fingerprint density at radius 3 is 2.50 bits per heavy atom. The highest BCUT2D eigenvalue weighted by atomic mass is 35.5. The standard InChI is InChI=1S/C25H26ClNO2S/c1-15-7-6-8-21(16(15)2)23-11-18(26)9-10-22(23)24-27-19(14-30-24)12-20(29)13-25(4,5)17(3)28/h6-11,14H,12-13H2,1-5H3. The molecular weight excluding hydrogens is 414 g/mol. The van der Waals surface area contributed by atoms with Crippen LogP contribution in [0.2, 0.25) is 5.02 Å². The number of benzene rings is 2. The minimum absolute atomic E-state index is 0.0224. The van der Waals surface area contributed by atoms with Crippen LogP contribution < -0.4 is 0 Å². The van der Waals surface area contributed by atoms with Gasteiger partial charge >= 0.3 is 0 Å². The van der Waals surface area contributed by atoms with Gasteiger partial charge in [0.15, 0.2) is 0 Å². The Hall–Kier alpha value is -2.30. The largest absolute Gasteiger partial charge is 0.299 e. The zero-order chi connectivity index (χ0) is 22.1. The molecule has 30 heavy (non-hydrogen) atoms. The van der Waals surface area contributed by atoms with Crippen molar-refractivity contribution in [3.05, 3.63) is 63.6 Å². The molecule has 0 saturated carbocycles. The second kappa shape index (κ2) is 8.83. The predicted molar refractivity (Wildman–Crippen MR) is 125 cm³/mol. The van der Waals surface area contributed by atoms with Crippen molar-refractivity contribution in [1.29, 1.82) is 0 Å². The van der Waals surface area contributed by atoms with E-state index in [0.717, 1.165) is 27.4 Å². The maximum atomic E-state index is 12.5. The van der Waals surface area contributed by atoms with E-state index in [1.807, 2.05) is 43.5 Å². The number of carbonyl (C=O) groups is 2. The molecular formula is C25H26ClNO2S. The second-order valence-electron chi connectivity index (χ2n) is 8.41. The molecule has 0 N–H and O–H groups in total. The van der Waals surface area contributed by atoms with E-state index in [4.69, 9.17) is 16.6 Å². The number of aromatic nitrogens is 1. The lowest BCUT2D eigenvalue weighted by atomic mass is 9.83. The summed E-state index contributed by atoms with van der Waals surface area (Å²) in [5.41, 5.74) is 5.69. The van der Waals surface area contributed by atoms with E-state index in [1.54, 1.807) is 0 Å². The number of nitrogens with zero attached hydrogens (tertiary/aromatic N) is 1. The molecule has 0 aliphatic rings. The summed E-state index contributed by atoms with van der Waals surface area (Å²) in [6.07, 6.45) is 0.462. The number of carbonyl (C=O) groups excluding carboxylic acids is 2. The number of rotatable bonds is 7. The van der Waals surface area contributed by atoms with Crippen LogP contribution >= 0.6 is 22.9 Å². The maximum absolute atomic E-state index is 12.5. The molecule has 0 spiro atoms. The average molecular weight is 440 g/mol. The van der Waals surface area contributed by atoms with Crippen molar-refractivity contribution in [3.8, 4) is 21.7 Å². The van der Waals surface area contributed by atoms with Crippen molar-refractivity contribution in [2.45, 2.75) is 47.5 Å². The zero-order valence-corrected chi connectivity index (χ0v) is 19.6. The summed E-state index contributed by atoms with van der Waals surface area (Å²) in [6, 6.07) is 12.1. The van der Waals surface area contributed by atoms with Gasteiger partial charge in [0, 0.05) is 34.2 Å². The summed E-state index contributed by atoms with van der Waals surface area (Å²) in [5.74, 6) is 0.0482. The van der Waals surface area contributed by atoms with E-state index in [9.17, 15) is 9.59 Å². The fraction of sp³-hybridized carbons (Fsp3) is 0.320. The summed E-state index contributed by atoms with van der Waals surface area (Å²) >= 11 is 7.84. The van der Waals surface area contributed by atoms with Gasteiger partial charge in [0.2, 0.25) is 0 Å². The first-order valence-electron chi connectivity index (χ1n) is 9.92. The summed E-state index contributed by atoms with van der Waals surface area (Å²) in [7, 11) is 0. The monoisotopic (exact) mass is 439 g/mol. The Morgan fingerprint density at radius 1 is 1.07 bits per heavy atom. The molecule has 5 heteroatoms. The van der Waals surface area contributed by atoms with E-state index in [2.05, 4.69) is 26.0 Å². The zero-order valence-electron chi connectivity index (χ0n) is 18.0. The smallest absolute Gasteiger partial charge is 0.139 e. The van der Waals surface area contributed by atoms with Crippen molar-refractivity contribution in [2.24, 2.45) is 5.41 Å². The van der Waals surface area contributed by atoms with Crippen LogP contribution in [-0.4, -0.2) is 16.6 Å². The van der Waals surface area contributed by atoms with E-state index in [0.29, 0.717) is 5.02 Å². The quantitative estimate of drug-likeness (QED) is 0.403. The summed E-state index contributed by atoms with van der Waals surface area (Å²) in [6.45, 7) is 9.36. The number of ketones is 2. The Morgan fingerprint density at radius 2 is 1.80 bits per heavy atom. The lowest BCUT2D eigenvalue weighted by Gasteiger charge is -2.19. The van der Waals surface area contributed by atoms with Gasteiger partial charge in [0.1, 0.15) is 16.6 Å². The molecule has 0 aliphatic heterocycles. The highest BCUT2D eigenvalue weighted by Crippen LogP contribution is 2.38. The molecule has 0 radical (unpaired) electrons. The van der Waals surface area contributed by atoms with E-state index >= 15 is 0 Å². The van der Waals surface area contributed by atoms with Crippen LogP contribution in [0.3, 0.4) is 0 Å². The van der Waals surface area contributed by atoms with E-state index in [1.165, 1.54) is 29.4 Å². The molecule has 0 fully saturated rings. The number of hydrogen-bond donors (Lipinski definition) is 0. The molecule has 2 aromatic carbocycles. The molecule has 0 aliphatic carbocycles. The first-order valence-corrected chi connectivity index (χ1v) is 11.2. The number of hydrogen-bond acceptors (Lipinski definition) is 4. The van der Waals surface area contributed by atoms with Gasteiger partial charge < -0.3 is 0 Å². The summed E-state index contributed by atoms with van der Waals surface area (Å²) in [4.78, 5) is 28.9. The molecule has 0 saturated heterocycles. The van der Waals surface area contributed by atoms with Gasteiger partial charge in [-0.3, -0.25) is 9.59 Å². The third kappa shape index (κ3) is 4.88. The fourth-order valence-corrected chi connectivity index (χ4v) is 4.39. The van der Waals surface area contributed by atoms with Gasteiger partial charge in [-0.25, -0.2) is 4.98 Å². The van der Waals surface area contributed by atoms with Crippen LogP contribution in [0, 0.1) is 19.3 Å². The third-order valence-corrected chi connectivity index (χ3v) is 6.79. The molecule has 0 amide bonds. The van der Waals surface area contributed by atoms with E-state index < -0.39 is 5.41 Å². The van der Waals surface area contributed by atoms with Crippen LogP contribution in [0.1, 0.15) is 44.0 Å². The summed E-state index contributed by atoms with van der Waals surface area (Å²) < 4.78 is 0. The maximum Gasteiger partial charge on any atom is 0.139 e. The van der Waals surface area contributed by atoms with Crippen LogP contribution in [0.5, 0.6) is 0 Å². The minimum Gasteiger partial charge on any atom is -0.299 e. The van der Waals surface area contributed by atoms with Crippen molar-refractivity contribution in [1.82, 2.24) is 4.98 Å². The number of aryl methyl sites for hydroxylation is 1. The highest BCUT2D eigenvalue weighted by Gasteiger charge is 2.27. The fourth-order valence-electron chi connectivity index (χ4n) is 3.36. The van der Waals surface area contributed by atoms with Gasteiger partial charge in [-0.05, 0) is 61.2 Å². The van der Waals surface area contributed by atoms with Gasteiger partial charge in [-0.1, -0.05) is 43.6 Å². The van der Waals surface area contributed by atoms with Crippen LogP contribution in [0.25, 0.3) is 21.7 Å². The number of Topliss-reactive ketones (excluding diaryl/α,β-unsaturated/α-hetero) is 2. The van der Waals surface area contributed by atoms with Crippen molar-refractivity contribution in [3.63, 3.8) is 0 Å².